The van der Waals surface area contributed by atoms with Crippen LogP contribution in [0.1, 0.15) is 34.7 Å². The topological polar surface area (TPSA) is 97.7 Å². The van der Waals surface area contributed by atoms with Crippen LogP contribution in [0.4, 0.5) is 10.1 Å². The number of allylic oxidation sites excluding steroid dienone is 1. The highest BCUT2D eigenvalue weighted by Gasteiger charge is 2.32. The van der Waals surface area contributed by atoms with Gasteiger partial charge in [0, 0.05) is 11.6 Å². The molecular weight excluding hydrogens is 608 g/mol. The molecule has 1 aliphatic heterocycles. The van der Waals surface area contributed by atoms with E-state index in [0.717, 1.165) is 28.8 Å². The lowest BCUT2D eigenvalue weighted by molar-refractivity contribution is -0.386. The zero-order chi connectivity index (χ0) is 25.8. The summed E-state index contributed by atoms with van der Waals surface area (Å²) in [4.78, 5) is 29.9. The number of phenols is 1. The minimum absolute atomic E-state index is 0.283. The van der Waals surface area contributed by atoms with Crippen LogP contribution in [-0.4, -0.2) is 14.6 Å². The van der Waals surface area contributed by atoms with Crippen molar-refractivity contribution in [2.45, 2.75) is 18.9 Å². The van der Waals surface area contributed by atoms with E-state index in [1.54, 1.807) is 28.8 Å². The molecule has 184 valence electrons. The Hall–Kier alpha value is -3.64. The Bertz CT molecular complexity index is 1830. The Balaban J connectivity index is 1.61. The Labute approximate surface area is 226 Å². The number of fused-ring (bicyclic) bond motifs is 3. The van der Waals surface area contributed by atoms with Gasteiger partial charge >= 0.3 is 5.69 Å². The molecule has 0 radical (unpaired) electrons. The summed E-state index contributed by atoms with van der Waals surface area (Å²) < 4.78 is 16.1. The van der Waals surface area contributed by atoms with Crippen molar-refractivity contribution < 1.29 is 14.4 Å². The monoisotopic (exact) mass is 625 g/mol. The van der Waals surface area contributed by atoms with Crippen molar-refractivity contribution in [3.05, 3.63) is 128 Å². The molecule has 1 aliphatic carbocycles. The van der Waals surface area contributed by atoms with Crippen molar-refractivity contribution >= 4 is 51.4 Å². The van der Waals surface area contributed by atoms with Crippen molar-refractivity contribution in [2.24, 2.45) is 4.99 Å². The lowest BCUT2D eigenvalue weighted by atomic mass is 9.83. The van der Waals surface area contributed by atoms with Crippen molar-refractivity contribution in [3.8, 4) is 5.75 Å². The number of hydrogen-bond acceptors (Lipinski definition) is 6. The van der Waals surface area contributed by atoms with E-state index in [1.165, 1.54) is 35.1 Å². The van der Waals surface area contributed by atoms with Crippen LogP contribution < -0.4 is 14.9 Å². The van der Waals surface area contributed by atoms with Crippen LogP contribution in [-0.2, 0) is 6.42 Å². The molecule has 0 spiro atoms. The second-order valence-electron chi connectivity index (χ2n) is 8.79. The molecule has 0 bridgehead atoms. The molecule has 3 aromatic carbocycles. The lowest BCUT2D eigenvalue weighted by Crippen LogP contribution is -2.38. The largest absolute Gasteiger partial charge is 0.501 e. The van der Waals surface area contributed by atoms with Gasteiger partial charge in [0.15, 0.2) is 4.80 Å². The van der Waals surface area contributed by atoms with Gasteiger partial charge in [0.05, 0.1) is 24.8 Å². The Morgan fingerprint density at radius 1 is 1.16 bits per heavy atom. The van der Waals surface area contributed by atoms with Gasteiger partial charge in [-0.1, -0.05) is 47.7 Å². The maximum absolute atomic E-state index is 13.8. The Kier molecular flexibility index (Phi) is 5.80. The molecule has 1 unspecified atom stereocenters. The number of aryl methyl sites for hydroxylation is 1. The summed E-state index contributed by atoms with van der Waals surface area (Å²) in [6, 6.07) is 16.6. The molecule has 1 aromatic heterocycles. The van der Waals surface area contributed by atoms with Gasteiger partial charge < -0.3 is 5.11 Å². The number of aromatic nitrogens is 1. The van der Waals surface area contributed by atoms with Crippen LogP contribution in [0.25, 0.3) is 11.8 Å². The maximum Gasteiger partial charge on any atom is 0.312 e. The molecular formula is C27H17FIN3O4S. The van der Waals surface area contributed by atoms with E-state index in [0.29, 0.717) is 24.9 Å². The van der Waals surface area contributed by atoms with Gasteiger partial charge in [-0.05, 0) is 82.0 Å². The molecule has 6 rings (SSSR count). The minimum Gasteiger partial charge on any atom is -0.501 e. The second kappa shape index (κ2) is 9.03. The first-order valence-electron chi connectivity index (χ1n) is 11.4. The Morgan fingerprint density at radius 2 is 1.92 bits per heavy atom. The van der Waals surface area contributed by atoms with Gasteiger partial charge in [-0.2, -0.15) is 0 Å². The van der Waals surface area contributed by atoms with Crippen LogP contribution >= 0.6 is 33.9 Å². The average Bonchev–Trinajstić information content (AvgIpc) is 3.19. The van der Waals surface area contributed by atoms with Crippen LogP contribution in [0.2, 0.25) is 0 Å². The molecule has 10 heteroatoms. The summed E-state index contributed by atoms with van der Waals surface area (Å²) in [5.74, 6) is -0.769. The quantitative estimate of drug-likeness (QED) is 0.203. The highest BCUT2D eigenvalue weighted by atomic mass is 127. The zero-order valence-electron chi connectivity index (χ0n) is 19.0. The van der Waals surface area contributed by atoms with Crippen molar-refractivity contribution in [1.29, 1.82) is 0 Å². The van der Waals surface area contributed by atoms with Crippen LogP contribution in [0.3, 0.4) is 0 Å². The van der Waals surface area contributed by atoms with E-state index in [1.807, 2.05) is 40.8 Å². The minimum atomic E-state index is -0.656. The van der Waals surface area contributed by atoms with Crippen molar-refractivity contribution in [2.75, 3.05) is 0 Å². The van der Waals surface area contributed by atoms with Crippen LogP contribution in [0.5, 0.6) is 5.75 Å². The zero-order valence-corrected chi connectivity index (χ0v) is 22.0. The van der Waals surface area contributed by atoms with Gasteiger partial charge in [-0.3, -0.25) is 19.5 Å². The summed E-state index contributed by atoms with van der Waals surface area (Å²) >= 11 is 3.02. The first-order chi connectivity index (χ1) is 17.8. The fourth-order valence-corrected chi connectivity index (χ4v) is 6.58. The van der Waals surface area contributed by atoms with Crippen LogP contribution in [0, 0.1) is 19.5 Å². The molecule has 4 aromatic rings. The number of aromatic hydroxyl groups is 1. The Morgan fingerprint density at radius 3 is 2.68 bits per heavy atom. The van der Waals surface area contributed by atoms with Crippen LogP contribution in [0.15, 0.2) is 76.0 Å². The number of benzene rings is 3. The smallest absolute Gasteiger partial charge is 0.312 e. The number of nitrogens with zero attached hydrogens (tertiary/aromatic N) is 3. The maximum atomic E-state index is 13.8. The third kappa shape index (κ3) is 4.00. The van der Waals surface area contributed by atoms with Gasteiger partial charge in [0.2, 0.25) is 5.75 Å². The third-order valence-corrected chi connectivity index (χ3v) is 8.42. The molecule has 1 N–H and O–H groups in total. The van der Waals surface area contributed by atoms with E-state index in [4.69, 9.17) is 4.99 Å². The van der Waals surface area contributed by atoms with Crippen molar-refractivity contribution in [3.63, 3.8) is 0 Å². The normalized spacial score (nSPS) is 16.6. The molecule has 0 saturated heterocycles. The first kappa shape index (κ1) is 23.7. The first-order valence-corrected chi connectivity index (χ1v) is 13.3. The van der Waals surface area contributed by atoms with E-state index in [2.05, 4.69) is 6.07 Å². The molecule has 2 heterocycles. The molecule has 7 nitrogen and oxygen atoms in total. The number of hydrogen-bond donors (Lipinski definition) is 1. The third-order valence-electron chi connectivity index (χ3n) is 6.62. The number of rotatable bonds is 3. The fourth-order valence-electron chi connectivity index (χ4n) is 4.95. The average molecular weight is 625 g/mol. The summed E-state index contributed by atoms with van der Waals surface area (Å²) in [6.07, 6.45) is 3.10. The molecule has 0 fully saturated rings. The molecule has 1 atom stereocenters. The summed E-state index contributed by atoms with van der Waals surface area (Å²) in [5, 5.41) is 21.4. The number of nitro benzene ring substituents is 1. The number of nitro groups is 1. The second-order valence-corrected chi connectivity index (χ2v) is 11.0. The van der Waals surface area contributed by atoms with Gasteiger partial charge in [-0.15, -0.1) is 0 Å². The number of halogens is 2. The highest BCUT2D eigenvalue weighted by molar-refractivity contribution is 14.1. The molecule has 2 aliphatic rings. The lowest BCUT2D eigenvalue weighted by Gasteiger charge is -2.30. The molecule has 37 heavy (non-hydrogen) atoms. The molecule has 0 saturated carbocycles. The summed E-state index contributed by atoms with van der Waals surface area (Å²) in [7, 11) is 0. The summed E-state index contributed by atoms with van der Waals surface area (Å²) in [6.45, 7) is 0. The predicted molar refractivity (Wildman–Crippen MR) is 147 cm³/mol. The molecule has 0 amide bonds. The van der Waals surface area contributed by atoms with E-state index < -0.39 is 22.4 Å². The number of phenolic OH excluding ortho intramolecular Hbond substituents is 1. The number of thiazole rings is 1. The standard InChI is InChI=1S/C27H17FIN3O4S/c28-17-8-5-16(6-9-17)24-19-10-7-15-3-1-2-4-18(15)23(19)30-27-31(24)26(34)22(37-27)13-14-11-20(29)25(33)21(12-14)32(35)36/h1-6,8-9,11-13,24,33H,7,10H2/b22-13+. The van der Waals surface area contributed by atoms with E-state index >= 15 is 0 Å². The van der Waals surface area contributed by atoms with Gasteiger partial charge in [0.1, 0.15) is 5.82 Å². The van der Waals surface area contributed by atoms with Gasteiger partial charge in [-0.25, -0.2) is 9.38 Å². The van der Waals surface area contributed by atoms with Crippen molar-refractivity contribution in [1.82, 2.24) is 4.57 Å². The fraction of sp³-hybridized carbons (Fsp3) is 0.111. The summed E-state index contributed by atoms with van der Waals surface area (Å²) in [5.41, 5.74) is 4.54. The predicted octanol–water partition coefficient (Wildman–Crippen LogP) is 4.68. The SMILES string of the molecule is O=c1/c(=C\c2cc(I)c(O)c([N+](=O)[O-])c2)sc2n1C(c1ccc(F)cc1)C1=C(N=2)c2ccccc2CC1. The van der Waals surface area contributed by atoms with Gasteiger partial charge in [0.25, 0.3) is 5.56 Å². The van der Waals surface area contributed by atoms with E-state index in [9.17, 15) is 24.4 Å². The highest BCUT2D eigenvalue weighted by Crippen LogP contribution is 2.41. The van der Waals surface area contributed by atoms with E-state index in [-0.39, 0.29) is 11.4 Å².